The average Bonchev–Trinajstić information content (AvgIpc) is 2.65. The quantitative estimate of drug-likeness (QED) is 0.106. The summed E-state index contributed by atoms with van der Waals surface area (Å²) >= 11 is 0. The van der Waals surface area contributed by atoms with Crippen LogP contribution in [-0.4, -0.2) is 5.97 Å². The minimum atomic E-state index is -0.148. The molecule has 0 spiro atoms. The van der Waals surface area contributed by atoms with Crippen LogP contribution < -0.4 is 0 Å². The largest absolute Gasteiger partial charge is 0.435 e. The smallest absolute Gasteiger partial charge is 0.310 e. The van der Waals surface area contributed by atoms with Crippen molar-refractivity contribution in [2.45, 2.75) is 110 Å². The maximum absolute atomic E-state index is 11.1. The number of esters is 1. The van der Waals surface area contributed by atoms with Gasteiger partial charge in [0.15, 0.2) is 0 Å². The highest BCUT2D eigenvalue weighted by Crippen LogP contribution is 2.13. The van der Waals surface area contributed by atoms with Crippen molar-refractivity contribution in [3.05, 3.63) is 38.2 Å². The van der Waals surface area contributed by atoms with Gasteiger partial charge >= 0.3 is 5.97 Å². The molecule has 0 amide bonds. The Morgan fingerprint density at radius 2 is 1.00 bits per heavy atom. The lowest BCUT2D eigenvalue weighted by Gasteiger charge is -2.03. The zero-order valence-electron chi connectivity index (χ0n) is 17.5. The number of allylic oxidation sites excluding steroid dienone is 2. The molecule has 0 rings (SSSR count). The minimum absolute atomic E-state index is 0.148. The zero-order chi connectivity index (χ0) is 19.7. The third-order valence-corrected chi connectivity index (χ3v) is 4.37. The number of ether oxygens (including phenoxy) is 1. The van der Waals surface area contributed by atoms with Crippen molar-refractivity contribution < 1.29 is 9.53 Å². The minimum Gasteiger partial charge on any atom is -0.435 e. The molecule has 0 saturated carbocycles. The molecule has 0 fully saturated rings. The Labute approximate surface area is 163 Å². The maximum Gasteiger partial charge on any atom is 0.310 e. The summed E-state index contributed by atoms with van der Waals surface area (Å²) in [7, 11) is 0. The van der Waals surface area contributed by atoms with Crippen molar-refractivity contribution >= 4 is 5.97 Å². The summed E-state index contributed by atoms with van der Waals surface area (Å²) in [4.78, 5) is 11.1. The first kappa shape index (κ1) is 26.9. The Bertz CT molecular complexity index is 314. The Morgan fingerprint density at radius 3 is 1.31 bits per heavy atom. The normalized spacial score (nSPS) is 9.73. The second-order valence-electron chi connectivity index (χ2n) is 6.83. The van der Waals surface area contributed by atoms with Crippen molar-refractivity contribution in [1.29, 1.82) is 0 Å². The van der Waals surface area contributed by atoms with Crippen molar-refractivity contribution in [3.63, 3.8) is 0 Å². The molecular weight excluding hydrogens is 320 g/mol. The van der Waals surface area contributed by atoms with Gasteiger partial charge in [-0.3, -0.25) is 4.79 Å². The Balaban J connectivity index is 0. The first-order valence-electron chi connectivity index (χ1n) is 10.8. The standard InChI is InChI=1S/C20H38O2.C4H6/c1-3-5-6-7-8-9-10-11-12-13-14-15-16-17-18-19-20(21)22-4-2;1-3-4-2/h4H,2-3,5-19H2,1H3;3-4H,1-2H2. The molecule has 0 heterocycles. The summed E-state index contributed by atoms with van der Waals surface area (Å²) in [6, 6.07) is 0. The third-order valence-electron chi connectivity index (χ3n) is 4.37. The lowest BCUT2D eigenvalue weighted by molar-refractivity contribution is -0.138. The molecule has 0 radical (unpaired) electrons. The molecule has 0 N–H and O–H groups in total. The van der Waals surface area contributed by atoms with Crippen LogP contribution in [0.5, 0.6) is 0 Å². The summed E-state index contributed by atoms with van der Waals surface area (Å²) in [6.45, 7) is 12.4. The molecule has 0 bridgehead atoms. The fraction of sp³-hybridized carbons (Fsp3) is 0.708. The van der Waals surface area contributed by atoms with Crippen LogP contribution >= 0.6 is 0 Å². The third kappa shape index (κ3) is 27.5. The maximum atomic E-state index is 11.1. The predicted molar refractivity (Wildman–Crippen MR) is 116 cm³/mol. The van der Waals surface area contributed by atoms with Crippen LogP contribution in [0.1, 0.15) is 110 Å². The van der Waals surface area contributed by atoms with E-state index >= 15 is 0 Å². The number of unbranched alkanes of at least 4 members (excludes halogenated alkanes) is 14. The number of hydrogen-bond acceptors (Lipinski definition) is 2. The SMILES string of the molecule is C=CC=C.C=COC(=O)CCCCCCCCCCCCCCCCC. The lowest BCUT2D eigenvalue weighted by Crippen LogP contribution is -1.98. The number of rotatable bonds is 18. The van der Waals surface area contributed by atoms with Crippen LogP contribution in [0.3, 0.4) is 0 Å². The first-order valence-corrected chi connectivity index (χ1v) is 10.8. The Kier molecular flexibility index (Phi) is 26.8. The number of hydrogen-bond donors (Lipinski definition) is 0. The van der Waals surface area contributed by atoms with E-state index in [1.165, 1.54) is 89.7 Å². The van der Waals surface area contributed by atoms with Crippen LogP contribution in [0, 0.1) is 0 Å². The topological polar surface area (TPSA) is 26.3 Å². The summed E-state index contributed by atoms with van der Waals surface area (Å²) < 4.78 is 4.69. The van der Waals surface area contributed by atoms with Crippen molar-refractivity contribution in [1.82, 2.24) is 0 Å². The van der Waals surface area contributed by atoms with Gasteiger partial charge in [0.1, 0.15) is 0 Å². The summed E-state index contributed by atoms with van der Waals surface area (Å²) in [5.41, 5.74) is 0. The van der Waals surface area contributed by atoms with Gasteiger partial charge in [-0.2, -0.15) is 0 Å². The van der Waals surface area contributed by atoms with E-state index in [4.69, 9.17) is 0 Å². The molecule has 2 heteroatoms. The molecule has 0 aromatic rings. The van der Waals surface area contributed by atoms with E-state index in [1.54, 1.807) is 12.2 Å². The molecule has 0 atom stereocenters. The van der Waals surface area contributed by atoms with E-state index in [2.05, 4.69) is 31.4 Å². The van der Waals surface area contributed by atoms with Crippen LogP contribution in [0.25, 0.3) is 0 Å². The highest BCUT2D eigenvalue weighted by atomic mass is 16.5. The van der Waals surface area contributed by atoms with Gasteiger partial charge in [-0.1, -0.05) is 129 Å². The lowest BCUT2D eigenvalue weighted by atomic mass is 10.0. The molecule has 0 saturated heterocycles. The van der Waals surface area contributed by atoms with E-state index in [-0.39, 0.29) is 5.97 Å². The highest BCUT2D eigenvalue weighted by molar-refractivity contribution is 5.69. The fourth-order valence-corrected chi connectivity index (χ4v) is 2.79. The van der Waals surface area contributed by atoms with Crippen molar-refractivity contribution in [2.75, 3.05) is 0 Å². The Hall–Kier alpha value is -1.31. The first-order chi connectivity index (χ1) is 12.7. The van der Waals surface area contributed by atoms with E-state index in [0.29, 0.717) is 6.42 Å². The van der Waals surface area contributed by atoms with Gasteiger partial charge in [-0.15, -0.1) is 0 Å². The van der Waals surface area contributed by atoms with E-state index in [9.17, 15) is 4.79 Å². The van der Waals surface area contributed by atoms with Crippen LogP contribution in [0.2, 0.25) is 0 Å². The van der Waals surface area contributed by atoms with E-state index in [0.717, 1.165) is 12.8 Å². The molecule has 0 aliphatic carbocycles. The van der Waals surface area contributed by atoms with E-state index in [1.807, 2.05) is 0 Å². The van der Waals surface area contributed by atoms with Gasteiger partial charge in [0, 0.05) is 6.42 Å². The average molecular weight is 365 g/mol. The molecule has 0 aromatic carbocycles. The van der Waals surface area contributed by atoms with Crippen LogP contribution in [0.15, 0.2) is 38.2 Å². The van der Waals surface area contributed by atoms with Crippen LogP contribution in [-0.2, 0) is 9.53 Å². The van der Waals surface area contributed by atoms with E-state index < -0.39 is 0 Å². The predicted octanol–water partition coefficient (Wildman–Crippen LogP) is 8.29. The van der Waals surface area contributed by atoms with Gasteiger partial charge in [-0.25, -0.2) is 0 Å². The Morgan fingerprint density at radius 1 is 0.654 bits per heavy atom. The fourth-order valence-electron chi connectivity index (χ4n) is 2.79. The molecule has 2 nitrogen and oxygen atoms in total. The van der Waals surface area contributed by atoms with Gasteiger partial charge in [0.05, 0.1) is 6.26 Å². The molecule has 0 aliphatic heterocycles. The molecule has 0 aromatic heterocycles. The summed E-state index contributed by atoms with van der Waals surface area (Å²) in [6.07, 6.45) is 25.2. The number of carbonyl (C=O) groups excluding carboxylic acids is 1. The van der Waals surface area contributed by atoms with Crippen LogP contribution in [0.4, 0.5) is 0 Å². The second kappa shape index (κ2) is 25.9. The molecular formula is C24H44O2. The van der Waals surface area contributed by atoms with Gasteiger partial charge in [0.25, 0.3) is 0 Å². The zero-order valence-corrected chi connectivity index (χ0v) is 17.5. The van der Waals surface area contributed by atoms with Gasteiger partial charge in [-0.05, 0) is 6.42 Å². The molecule has 26 heavy (non-hydrogen) atoms. The monoisotopic (exact) mass is 364 g/mol. The highest BCUT2D eigenvalue weighted by Gasteiger charge is 2.00. The summed E-state index contributed by atoms with van der Waals surface area (Å²) in [5, 5.41) is 0. The van der Waals surface area contributed by atoms with Crippen molar-refractivity contribution in [2.24, 2.45) is 0 Å². The van der Waals surface area contributed by atoms with Gasteiger partial charge < -0.3 is 4.74 Å². The summed E-state index contributed by atoms with van der Waals surface area (Å²) in [5.74, 6) is -0.148. The second-order valence-corrected chi connectivity index (χ2v) is 6.83. The molecule has 0 unspecified atom stereocenters. The van der Waals surface area contributed by atoms with Crippen molar-refractivity contribution in [3.8, 4) is 0 Å². The number of carbonyl (C=O) groups is 1. The van der Waals surface area contributed by atoms with Gasteiger partial charge in [0.2, 0.25) is 0 Å². The molecule has 0 aliphatic rings. The molecule has 152 valence electrons.